The van der Waals surface area contributed by atoms with Gasteiger partial charge < -0.3 is 10.4 Å². The topological polar surface area (TPSA) is 32.3 Å². The molecule has 0 aromatic heterocycles. The van der Waals surface area contributed by atoms with Gasteiger partial charge in [0.15, 0.2) is 0 Å². The number of aliphatic hydroxyl groups is 1. The Kier molecular flexibility index (Phi) is 4.16. The Bertz CT molecular complexity index is 425. The Morgan fingerprint density at radius 1 is 1.26 bits per heavy atom. The third-order valence-electron chi connectivity index (χ3n) is 3.68. The Morgan fingerprint density at radius 3 is 2.63 bits per heavy atom. The molecule has 0 bridgehead atoms. The van der Waals surface area contributed by atoms with Gasteiger partial charge in [-0.05, 0) is 37.4 Å². The maximum Gasteiger partial charge on any atom is 0.416 e. The van der Waals surface area contributed by atoms with E-state index in [2.05, 4.69) is 5.32 Å². The van der Waals surface area contributed by atoms with Gasteiger partial charge >= 0.3 is 6.18 Å². The quantitative estimate of drug-likeness (QED) is 0.887. The van der Waals surface area contributed by atoms with E-state index in [9.17, 15) is 18.3 Å². The van der Waals surface area contributed by atoms with E-state index < -0.39 is 17.3 Å². The maximum absolute atomic E-state index is 12.7. The van der Waals surface area contributed by atoms with Crippen molar-refractivity contribution in [1.29, 1.82) is 0 Å². The van der Waals surface area contributed by atoms with Crippen LogP contribution in [-0.4, -0.2) is 23.8 Å². The van der Waals surface area contributed by atoms with Crippen molar-refractivity contribution in [3.63, 3.8) is 0 Å². The van der Waals surface area contributed by atoms with Gasteiger partial charge in [-0.1, -0.05) is 24.6 Å². The molecule has 1 saturated heterocycles. The Labute approximate surface area is 110 Å². The third kappa shape index (κ3) is 3.48. The minimum Gasteiger partial charge on any atom is -0.394 e. The molecule has 19 heavy (non-hydrogen) atoms. The molecule has 5 heteroatoms. The molecule has 1 aromatic carbocycles. The molecule has 1 aromatic rings. The highest BCUT2D eigenvalue weighted by molar-refractivity contribution is 5.27. The summed E-state index contributed by atoms with van der Waals surface area (Å²) in [4.78, 5) is 0. The second kappa shape index (κ2) is 5.51. The van der Waals surface area contributed by atoms with Crippen LogP contribution in [0.4, 0.5) is 13.2 Å². The molecule has 0 aliphatic carbocycles. The Morgan fingerprint density at radius 2 is 2.05 bits per heavy atom. The zero-order valence-corrected chi connectivity index (χ0v) is 10.6. The standard InChI is InChI=1S/C14H18F3NO/c15-14(16,17)12-5-3-4-11(8-12)9-13(10-19)6-1-2-7-18-13/h3-5,8,18-19H,1-2,6-7,9-10H2. The van der Waals surface area contributed by atoms with E-state index in [0.29, 0.717) is 12.0 Å². The average molecular weight is 273 g/mol. The lowest BCUT2D eigenvalue weighted by molar-refractivity contribution is -0.137. The van der Waals surface area contributed by atoms with Gasteiger partial charge in [0, 0.05) is 5.54 Å². The van der Waals surface area contributed by atoms with E-state index in [4.69, 9.17) is 0 Å². The molecule has 106 valence electrons. The van der Waals surface area contributed by atoms with E-state index in [-0.39, 0.29) is 6.61 Å². The van der Waals surface area contributed by atoms with Crippen molar-refractivity contribution >= 4 is 0 Å². The lowest BCUT2D eigenvalue weighted by Gasteiger charge is -2.37. The van der Waals surface area contributed by atoms with Crippen LogP contribution in [0.25, 0.3) is 0 Å². The van der Waals surface area contributed by atoms with E-state index >= 15 is 0 Å². The van der Waals surface area contributed by atoms with Crippen LogP contribution in [0.1, 0.15) is 30.4 Å². The smallest absolute Gasteiger partial charge is 0.394 e. The minimum absolute atomic E-state index is 0.0523. The summed E-state index contributed by atoms with van der Waals surface area (Å²) in [6, 6.07) is 5.35. The van der Waals surface area contributed by atoms with Gasteiger partial charge in [-0.25, -0.2) is 0 Å². The minimum atomic E-state index is -4.32. The van der Waals surface area contributed by atoms with Crippen molar-refractivity contribution in [3.05, 3.63) is 35.4 Å². The van der Waals surface area contributed by atoms with Crippen LogP contribution in [0, 0.1) is 0 Å². The number of nitrogens with one attached hydrogen (secondary N) is 1. The van der Waals surface area contributed by atoms with Gasteiger partial charge in [-0.15, -0.1) is 0 Å². The second-order valence-corrected chi connectivity index (χ2v) is 5.20. The van der Waals surface area contributed by atoms with Gasteiger partial charge in [-0.3, -0.25) is 0 Å². The summed E-state index contributed by atoms with van der Waals surface area (Å²) in [5.41, 5.74) is -0.491. The predicted octanol–water partition coefficient (Wildman–Crippen LogP) is 2.75. The molecule has 1 unspecified atom stereocenters. The molecule has 1 fully saturated rings. The number of rotatable bonds is 3. The number of piperidine rings is 1. The molecule has 1 aliphatic rings. The van der Waals surface area contributed by atoms with Crippen LogP contribution < -0.4 is 5.32 Å². The van der Waals surface area contributed by atoms with Crippen molar-refractivity contribution in [2.75, 3.05) is 13.2 Å². The summed E-state index contributed by atoms with van der Waals surface area (Å²) in [5.74, 6) is 0. The molecule has 0 saturated carbocycles. The number of hydrogen-bond donors (Lipinski definition) is 2. The highest BCUT2D eigenvalue weighted by Crippen LogP contribution is 2.31. The summed E-state index contributed by atoms with van der Waals surface area (Å²) >= 11 is 0. The summed E-state index contributed by atoms with van der Waals surface area (Å²) in [6.45, 7) is 0.753. The number of hydrogen-bond acceptors (Lipinski definition) is 2. The molecular formula is C14H18F3NO. The Balaban J connectivity index is 2.18. The monoisotopic (exact) mass is 273 g/mol. The van der Waals surface area contributed by atoms with Crippen LogP contribution in [-0.2, 0) is 12.6 Å². The van der Waals surface area contributed by atoms with Crippen molar-refractivity contribution in [1.82, 2.24) is 5.32 Å². The summed E-state index contributed by atoms with van der Waals surface area (Å²) < 4.78 is 38.0. The molecule has 0 amide bonds. The summed E-state index contributed by atoms with van der Waals surface area (Å²) in [5, 5.41) is 12.8. The second-order valence-electron chi connectivity index (χ2n) is 5.20. The zero-order valence-electron chi connectivity index (χ0n) is 10.6. The third-order valence-corrected chi connectivity index (χ3v) is 3.68. The molecule has 2 nitrogen and oxygen atoms in total. The number of aliphatic hydroxyl groups excluding tert-OH is 1. The van der Waals surface area contributed by atoms with Gasteiger partial charge in [0.2, 0.25) is 0 Å². The number of halogens is 3. The SMILES string of the molecule is OCC1(Cc2cccc(C(F)(F)F)c2)CCCCN1. The normalized spacial score (nSPS) is 24.4. The first-order chi connectivity index (χ1) is 8.95. The van der Waals surface area contributed by atoms with E-state index in [0.717, 1.165) is 31.9 Å². The molecule has 1 heterocycles. The average Bonchev–Trinajstić information content (AvgIpc) is 2.39. The van der Waals surface area contributed by atoms with Crippen molar-refractivity contribution in [2.24, 2.45) is 0 Å². The molecule has 1 atom stereocenters. The van der Waals surface area contributed by atoms with Gasteiger partial charge in [0.1, 0.15) is 0 Å². The predicted molar refractivity (Wildman–Crippen MR) is 66.8 cm³/mol. The fraction of sp³-hybridized carbons (Fsp3) is 0.571. The van der Waals surface area contributed by atoms with Gasteiger partial charge in [0.05, 0.1) is 12.2 Å². The lowest BCUT2D eigenvalue weighted by atomic mass is 9.83. The van der Waals surface area contributed by atoms with Gasteiger partial charge in [0.25, 0.3) is 0 Å². The molecular weight excluding hydrogens is 255 g/mol. The van der Waals surface area contributed by atoms with Crippen LogP contribution >= 0.6 is 0 Å². The van der Waals surface area contributed by atoms with Crippen molar-refractivity contribution in [2.45, 2.75) is 37.4 Å². The summed E-state index contributed by atoms with van der Waals surface area (Å²) in [7, 11) is 0. The fourth-order valence-electron chi connectivity index (χ4n) is 2.62. The van der Waals surface area contributed by atoms with Gasteiger partial charge in [-0.2, -0.15) is 13.2 Å². The highest BCUT2D eigenvalue weighted by atomic mass is 19.4. The van der Waals surface area contributed by atoms with Crippen LogP contribution in [0.5, 0.6) is 0 Å². The largest absolute Gasteiger partial charge is 0.416 e. The molecule has 1 aliphatic heterocycles. The molecule has 0 radical (unpaired) electrons. The van der Waals surface area contributed by atoms with Crippen molar-refractivity contribution in [3.8, 4) is 0 Å². The summed E-state index contributed by atoms with van der Waals surface area (Å²) in [6.07, 6.45) is -1.06. The fourth-order valence-corrected chi connectivity index (χ4v) is 2.62. The highest BCUT2D eigenvalue weighted by Gasteiger charge is 2.33. The van der Waals surface area contributed by atoms with Crippen molar-refractivity contribution < 1.29 is 18.3 Å². The molecule has 0 spiro atoms. The first-order valence-electron chi connectivity index (χ1n) is 6.47. The first-order valence-corrected chi connectivity index (χ1v) is 6.47. The zero-order chi connectivity index (χ0) is 13.9. The first kappa shape index (κ1) is 14.3. The number of benzene rings is 1. The van der Waals surface area contributed by atoms with Crippen LogP contribution in [0.3, 0.4) is 0 Å². The Hall–Kier alpha value is -1.07. The number of alkyl halides is 3. The van der Waals surface area contributed by atoms with Crippen LogP contribution in [0.2, 0.25) is 0 Å². The lowest BCUT2D eigenvalue weighted by Crippen LogP contribution is -2.53. The maximum atomic E-state index is 12.7. The van der Waals surface area contributed by atoms with E-state index in [1.807, 2.05) is 0 Å². The molecule has 2 rings (SSSR count). The van der Waals surface area contributed by atoms with E-state index in [1.165, 1.54) is 12.1 Å². The molecule has 2 N–H and O–H groups in total. The van der Waals surface area contributed by atoms with Crippen LogP contribution in [0.15, 0.2) is 24.3 Å². The van der Waals surface area contributed by atoms with E-state index in [1.54, 1.807) is 6.07 Å².